The topological polar surface area (TPSA) is 57.2 Å². The van der Waals surface area contributed by atoms with E-state index in [1.165, 1.54) is 18.4 Å². The first-order valence-electron chi connectivity index (χ1n) is 11.4. The highest BCUT2D eigenvalue weighted by atomic mass is 35.5. The van der Waals surface area contributed by atoms with Gasteiger partial charge < -0.3 is 9.88 Å². The van der Waals surface area contributed by atoms with Gasteiger partial charge in [0.15, 0.2) is 0 Å². The van der Waals surface area contributed by atoms with Crippen LogP contribution in [0, 0.1) is 0 Å². The average Bonchev–Trinajstić information content (AvgIpc) is 3.14. The molecule has 0 bridgehead atoms. The summed E-state index contributed by atoms with van der Waals surface area (Å²) in [5.74, 6) is 0. The first-order chi connectivity index (χ1) is 15.1. The van der Waals surface area contributed by atoms with Crippen molar-refractivity contribution < 1.29 is 0 Å². The highest BCUT2D eigenvalue weighted by molar-refractivity contribution is 6.31. The van der Waals surface area contributed by atoms with E-state index >= 15 is 0 Å². The molecular weight excluding hydrogens is 410 g/mol. The van der Waals surface area contributed by atoms with Gasteiger partial charge in [-0.3, -0.25) is 14.5 Å². The van der Waals surface area contributed by atoms with Crippen LogP contribution < -0.4 is 5.69 Å². The van der Waals surface area contributed by atoms with Gasteiger partial charge in [0.1, 0.15) is 0 Å². The second kappa shape index (κ2) is 8.77. The standard InChI is InChI=1S/C24H30ClN5O/c1-17(18-3-2-10-26-16-18)28-11-6-20(7-12-28)29-13-8-21(9-14-29)30-23-5-4-19(25)15-22(23)27-24(30)31/h2-5,10,15-17,20-21H,6-9,11-14H2,1H3,(H,27,31). The molecule has 4 heterocycles. The number of likely N-dealkylation sites (tertiary alicyclic amines) is 2. The third-order valence-corrected chi connectivity index (χ3v) is 7.51. The van der Waals surface area contributed by atoms with Gasteiger partial charge in [-0.15, -0.1) is 0 Å². The van der Waals surface area contributed by atoms with Crippen LogP contribution in [0.1, 0.15) is 50.3 Å². The van der Waals surface area contributed by atoms with E-state index in [1.807, 2.05) is 41.2 Å². The number of imidazole rings is 1. The Morgan fingerprint density at radius 2 is 1.81 bits per heavy atom. The monoisotopic (exact) mass is 439 g/mol. The molecule has 1 unspecified atom stereocenters. The number of nitrogens with one attached hydrogen (secondary N) is 1. The molecule has 2 saturated heterocycles. The summed E-state index contributed by atoms with van der Waals surface area (Å²) < 4.78 is 1.95. The second-order valence-electron chi connectivity index (χ2n) is 8.96. The zero-order chi connectivity index (χ0) is 21.4. The van der Waals surface area contributed by atoms with Crippen LogP contribution >= 0.6 is 11.6 Å². The molecule has 31 heavy (non-hydrogen) atoms. The number of benzene rings is 1. The molecule has 1 aromatic carbocycles. The number of rotatable bonds is 4. The molecule has 1 atom stereocenters. The van der Waals surface area contributed by atoms with Crippen molar-refractivity contribution in [3.8, 4) is 0 Å². The number of H-pyrrole nitrogens is 1. The molecule has 0 aliphatic carbocycles. The molecule has 7 heteroatoms. The van der Waals surface area contributed by atoms with E-state index < -0.39 is 0 Å². The maximum atomic E-state index is 12.6. The highest BCUT2D eigenvalue weighted by Crippen LogP contribution is 2.30. The van der Waals surface area contributed by atoms with E-state index in [-0.39, 0.29) is 11.7 Å². The number of aromatic amines is 1. The van der Waals surface area contributed by atoms with E-state index in [9.17, 15) is 4.79 Å². The van der Waals surface area contributed by atoms with Gasteiger partial charge in [0.25, 0.3) is 0 Å². The molecule has 5 rings (SSSR count). The smallest absolute Gasteiger partial charge is 0.305 e. The molecular formula is C24H30ClN5O. The Morgan fingerprint density at radius 3 is 2.52 bits per heavy atom. The van der Waals surface area contributed by atoms with Gasteiger partial charge in [0, 0.05) is 61.7 Å². The predicted octanol–water partition coefficient (Wildman–Crippen LogP) is 4.24. The number of halogens is 1. The van der Waals surface area contributed by atoms with Gasteiger partial charge in [-0.25, -0.2) is 4.79 Å². The number of nitrogens with zero attached hydrogens (tertiary/aromatic N) is 4. The minimum atomic E-state index is -0.0200. The summed E-state index contributed by atoms with van der Waals surface area (Å²) in [6.07, 6.45) is 8.28. The minimum Gasteiger partial charge on any atom is -0.305 e. The second-order valence-corrected chi connectivity index (χ2v) is 9.39. The normalized spacial score (nSPS) is 21.0. The summed E-state index contributed by atoms with van der Waals surface area (Å²) in [6.45, 7) is 6.65. The maximum Gasteiger partial charge on any atom is 0.326 e. The van der Waals surface area contributed by atoms with Crippen LogP contribution in [0.2, 0.25) is 5.02 Å². The fourth-order valence-corrected chi connectivity index (χ4v) is 5.62. The third-order valence-electron chi connectivity index (χ3n) is 7.27. The lowest BCUT2D eigenvalue weighted by atomic mass is 9.96. The van der Waals surface area contributed by atoms with Crippen molar-refractivity contribution >= 4 is 22.6 Å². The summed E-state index contributed by atoms with van der Waals surface area (Å²) in [5, 5.41) is 0.653. The summed E-state index contributed by atoms with van der Waals surface area (Å²) >= 11 is 6.09. The Morgan fingerprint density at radius 1 is 1.06 bits per heavy atom. The molecule has 0 spiro atoms. The van der Waals surface area contributed by atoms with E-state index in [2.05, 4.69) is 32.8 Å². The summed E-state index contributed by atoms with van der Waals surface area (Å²) in [7, 11) is 0. The quantitative estimate of drug-likeness (QED) is 0.660. The van der Waals surface area contributed by atoms with Crippen LogP contribution in [-0.4, -0.2) is 56.6 Å². The number of aromatic nitrogens is 3. The summed E-state index contributed by atoms with van der Waals surface area (Å²) in [6, 6.07) is 11.2. The van der Waals surface area contributed by atoms with Crippen molar-refractivity contribution in [3.63, 3.8) is 0 Å². The highest BCUT2D eigenvalue weighted by Gasteiger charge is 2.31. The fraction of sp³-hybridized carbons (Fsp3) is 0.500. The molecule has 2 aromatic heterocycles. The molecule has 164 valence electrons. The number of piperidine rings is 2. The predicted molar refractivity (Wildman–Crippen MR) is 125 cm³/mol. The Hall–Kier alpha value is -2.15. The van der Waals surface area contributed by atoms with Crippen LogP contribution in [-0.2, 0) is 0 Å². The molecule has 6 nitrogen and oxygen atoms in total. The molecule has 2 aliphatic heterocycles. The van der Waals surface area contributed by atoms with Gasteiger partial charge in [0.05, 0.1) is 11.0 Å². The Labute approximate surface area is 187 Å². The fourth-order valence-electron chi connectivity index (χ4n) is 5.45. The maximum absolute atomic E-state index is 12.6. The van der Waals surface area contributed by atoms with Crippen molar-refractivity contribution in [2.75, 3.05) is 26.2 Å². The van der Waals surface area contributed by atoms with Crippen molar-refractivity contribution in [1.29, 1.82) is 0 Å². The van der Waals surface area contributed by atoms with Gasteiger partial charge >= 0.3 is 5.69 Å². The lowest BCUT2D eigenvalue weighted by Gasteiger charge is -2.43. The van der Waals surface area contributed by atoms with Gasteiger partial charge in [-0.05, 0) is 62.4 Å². The number of pyridine rings is 1. The zero-order valence-electron chi connectivity index (χ0n) is 18.0. The molecule has 2 aliphatic rings. The Bertz CT molecular complexity index is 1080. The number of fused-ring (bicyclic) bond motifs is 1. The van der Waals surface area contributed by atoms with Crippen molar-refractivity contribution in [2.45, 2.75) is 50.7 Å². The van der Waals surface area contributed by atoms with Crippen LogP contribution in [0.15, 0.2) is 47.5 Å². The number of hydrogen-bond donors (Lipinski definition) is 1. The first kappa shape index (κ1) is 20.7. The lowest BCUT2D eigenvalue weighted by Crippen LogP contribution is -2.48. The van der Waals surface area contributed by atoms with Crippen LogP contribution in [0.5, 0.6) is 0 Å². The Balaban J connectivity index is 1.19. The number of hydrogen-bond acceptors (Lipinski definition) is 4. The van der Waals surface area contributed by atoms with E-state index in [0.717, 1.165) is 50.1 Å². The average molecular weight is 440 g/mol. The van der Waals surface area contributed by atoms with Crippen molar-refractivity contribution in [3.05, 3.63) is 63.8 Å². The van der Waals surface area contributed by atoms with Gasteiger partial charge in [0.2, 0.25) is 0 Å². The van der Waals surface area contributed by atoms with Gasteiger partial charge in [-0.2, -0.15) is 0 Å². The van der Waals surface area contributed by atoms with E-state index in [4.69, 9.17) is 11.6 Å². The lowest BCUT2D eigenvalue weighted by molar-refractivity contribution is 0.0656. The first-order valence-corrected chi connectivity index (χ1v) is 11.8. The summed E-state index contributed by atoms with van der Waals surface area (Å²) in [4.78, 5) is 25.1. The molecule has 0 saturated carbocycles. The van der Waals surface area contributed by atoms with E-state index in [1.54, 1.807) is 0 Å². The van der Waals surface area contributed by atoms with E-state index in [0.29, 0.717) is 17.1 Å². The van der Waals surface area contributed by atoms with Crippen LogP contribution in [0.25, 0.3) is 11.0 Å². The zero-order valence-corrected chi connectivity index (χ0v) is 18.8. The molecule has 0 radical (unpaired) electrons. The molecule has 0 amide bonds. The molecule has 1 N–H and O–H groups in total. The largest absolute Gasteiger partial charge is 0.326 e. The SMILES string of the molecule is CC(c1cccnc1)N1CCC(N2CCC(n3c(=O)[nH]c4cc(Cl)ccc43)CC2)CC1. The molecule has 2 fully saturated rings. The third kappa shape index (κ3) is 4.16. The molecule has 3 aromatic rings. The summed E-state index contributed by atoms with van der Waals surface area (Å²) in [5.41, 5.74) is 3.07. The van der Waals surface area contributed by atoms with Crippen LogP contribution in [0.4, 0.5) is 0 Å². The van der Waals surface area contributed by atoms with Crippen molar-refractivity contribution in [1.82, 2.24) is 24.3 Å². The Kier molecular flexibility index (Phi) is 5.87. The van der Waals surface area contributed by atoms with Gasteiger partial charge in [-0.1, -0.05) is 17.7 Å². The minimum absolute atomic E-state index is 0.0200. The van der Waals surface area contributed by atoms with Crippen LogP contribution in [0.3, 0.4) is 0 Å². The van der Waals surface area contributed by atoms with Crippen molar-refractivity contribution in [2.24, 2.45) is 0 Å².